The average Bonchev–Trinajstić information content (AvgIpc) is 2.81. The van der Waals surface area contributed by atoms with Crippen LogP contribution in [0.25, 0.3) is 0 Å². The fourth-order valence-electron chi connectivity index (χ4n) is 4.00. The first kappa shape index (κ1) is 14.1. The minimum atomic E-state index is 0.0332. The van der Waals surface area contributed by atoms with Gasteiger partial charge < -0.3 is 0 Å². The molecule has 0 fully saturated rings. The van der Waals surface area contributed by atoms with E-state index in [1.807, 2.05) is 0 Å². The van der Waals surface area contributed by atoms with E-state index in [0.717, 1.165) is 12.8 Å². The highest BCUT2D eigenvalue weighted by Crippen LogP contribution is 2.43. The number of hydrogen-bond acceptors (Lipinski definition) is 0. The van der Waals surface area contributed by atoms with Crippen molar-refractivity contribution in [2.24, 2.45) is 0 Å². The third kappa shape index (κ3) is 2.12. The second-order valence-electron chi connectivity index (χ2n) is 6.10. The number of nitrogens with zero attached hydrogens (tertiary/aromatic N) is 1. The van der Waals surface area contributed by atoms with Crippen molar-refractivity contribution in [2.75, 3.05) is 7.05 Å². The Balaban J connectivity index is 2.28. The Kier molecular flexibility index (Phi) is 3.67. The van der Waals surface area contributed by atoms with Gasteiger partial charge in [-0.15, -0.1) is 0 Å². The summed E-state index contributed by atoms with van der Waals surface area (Å²) in [7, 11) is 2.25. The maximum atomic E-state index is 2.49. The Labute approximate surface area is 128 Å². The van der Waals surface area contributed by atoms with Gasteiger partial charge in [-0.2, -0.15) is 0 Å². The molecule has 1 heteroatoms. The summed E-state index contributed by atoms with van der Waals surface area (Å²) in [5, 5.41) is 0. The van der Waals surface area contributed by atoms with Gasteiger partial charge in [0.25, 0.3) is 0 Å². The van der Waals surface area contributed by atoms with E-state index < -0.39 is 0 Å². The molecule has 0 radical (unpaired) electrons. The van der Waals surface area contributed by atoms with Gasteiger partial charge in [-0.25, -0.2) is 4.58 Å². The Morgan fingerprint density at radius 3 is 1.86 bits per heavy atom. The standard InChI is InChI=1S/C20H24N/c1-4-19-20(15-16(2)21(19)3,17-11-7-5-8-12-17)18-13-9-6-10-14-18/h5-14,16H,4,15H2,1-3H3/q+1/t16-/m1/s1. The van der Waals surface area contributed by atoms with Crippen LogP contribution in [-0.2, 0) is 5.41 Å². The van der Waals surface area contributed by atoms with Gasteiger partial charge in [0.05, 0.1) is 0 Å². The summed E-state index contributed by atoms with van der Waals surface area (Å²) in [5.41, 5.74) is 4.41. The van der Waals surface area contributed by atoms with Gasteiger partial charge in [0.15, 0.2) is 11.8 Å². The molecule has 0 saturated carbocycles. The van der Waals surface area contributed by atoms with Crippen LogP contribution in [0.4, 0.5) is 0 Å². The first-order valence-electron chi connectivity index (χ1n) is 7.90. The zero-order valence-electron chi connectivity index (χ0n) is 13.2. The third-order valence-corrected chi connectivity index (χ3v) is 5.05. The van der Waals surface area contributed by atoms with Crippen LogP contribution in [0.1, 0.15) is 37.8 Å². The summed E-state index contributed by atoms with van der Waals surface area (Å²) < 4.78 is 2.49. The summed E-state index contributed by atoms with van der Waals surface area (Å²) in [5.74, 6) is 0. The summed E-state index contributed by atoms with van der Waals surface area (Å²) in [6, 6.07) is 22.6. The number of hydrogen-bond donors (Lipinski definition) is 0. The van der Waals surface area contributed by atoms with Gasteiger partial charge in [0.2, 0.25) is 0 Å². The molecule has 2 aromatic rings. The molecule has 0 bridgehead atoms. The van der Waals surface area contributed by atoms with Crippen LogP contribution in [0.15, 0.2) is 60.7 Å². The van der Waals surface area contributed by atoms with Crippen molar-refractivity contribution in [1.82, 2.24) is 0 Å². The lowest BCUT2D eigenvalue weighted by atomic mass is 9.68. The maximum Gasteiger partial charge on any atom is 0.167 e. The van der Waals surface area contributed by atoms with Crippen molar-refractivity contribution in [3.05, 3.63) is 71.8 Å². The van der Waals surface area contributed by atoms with Gasteiger partial charge in [0.1, 0.15) is 12.5 Å². The van der Waals surface area contributed by atoms with Gasteiger partial charge >= 0.3 is 0 Å². The second kappa shape index (κ2) is 5.48. The molecule has 0 saturated heterocycles. The molecule has 0 aromatic heterocycles. The van der Waals surface area contributed by atoms with Crippen LogP contribution in [0.2, 0.25) is 0 Å². The van der Waals surface area contributed by atoms with E-state index in [4.69, 9.17) is 0 Å². The molecular formula is C20H24N+. The normalized spacial score (nSPS) is 20.8. The quantitative estimate of drug-likeness (QED) is 0.738. The molecule has 1 aliphatic rings. The molecular weight excluding hydrogens is 254 g/mol. The highest BCUT2D eigenvalue weighted by molar-refractivity contribution is 5.95. The molecule has 0 aliphatic carbocycles. The first-order valence-corrected chi connectivity index (χ1v) is 7.90. The molecule has 0 amide bonds. The fraction of sp³-hybridized carbons (Fsp3) is 0.350. The predicted octanol–water partition coefficient (Wildman–Crippen LogP) is 4.26. The van der Waals surface area contributed by atoms with Crippen molar-refractivity contribution >= 4 is 5.71 Å². The van der Waals surface area contributed by atoms with E-state index in [1.54, 1.807) is 0 Å². The smallest absolute Gasteiger partial charge is 0.167 e. The van der Waals surface area contributed by atoms with Crippen LogP contribution in [0, 0.1) is 0 Å². The van der Waals surface area contributed by atoms with Crippen LogP contribution in [-0.4, -0.2) is 23.4 Å². The summed E-state index contributed by atoms with van der Waals surface area (Å²) >= 11 is 0. The van der Waals surface area contributed by atoms with Crippen LogP contribution in [0.3, 0.4) is 0 Å². The summed E-state index contributed by atoms with van der Waals surface area (Å²) in [6.07, 6.45) is 2.24. The first-order chi connectivity index (χ1) is 10.2. The largest absolute Gasteiger partial charge is 0.236 e. The molecule has 1 aliphatic heterocycles. The third-order valence-electron chi connectivity index (χ3n) is 5.05. The van der Waals surface area contributed by atoms with Gasteiger partial charge in [-0.3, -0.25) is 0 Å². The zero-order valence-corrected chi connectivity index (χ0v) is 13.2. The zero-order chi connectivity index (χ0) is 14.9. The summed E-state index contributed by atoms with van der Waals surface area (Å²) in [4.78, 5) is 0. The molecule has 1 atom stereocenters. The highest BCUT2D eigenvalue weighted by Gasteiger charge is 2.51. The minimum absolute atomic E-state index is 0.0332. The Hall–Kier alpha value is -1.89. The highest BCUT2D eigenvalue weighted by atomic mass is 15.1. The maximum absolute atomic E-state index is 2.49. The second-order valence-corrected chi connectivity index (χ2v) is 6.10. The fourth-order valence-corrected chi connectivity index (χ4v) is 4.00. The Bertz CT molecular complexity index is 601. The van der Waals surface area contributed by atoms with E-state index in [2.05, 4.69) is 86.1 Å². The van der Waals surface area contributed by atoms with E-state index >= 15 is 0 Å². The van der Waals surface area contributed by atoms with Crippen molar-refractivity contribution in [3.8, 4) is 0 Å². The Morgan fingerprint density at radius 1 is 0.952 bits per heavy atom. The van der Waals surface area contributed by atoms with E-state index in [0.29, 0.717) is 6.04 Å². The molecule has 0 spiro atoms. The van der Waals surface area contributed by atoms with Crippen LogP contribution >= 0.6 is 0 Å². The predicted molar refractivity (Wildman–Crippen MR) is 89.2 cm³/mol. The van der Waals surface area contributed by atoms with Crippen LogP contribution in [0.5, 0.6) is 0 Å². The molecule has 108 valence electrons. The lowest BCUT2D eigenvalue weighted by Crippen LogP contribution is -2.35. The SMILES string of the molecule is CCC1=[N+](C)[C@H](C)CC1(c1ccccc1)c1ccccc1. The van der Waals surface area contributed by atoms with Crippen molar-refractivity contribution in [3.63, 3.8) is 0 Å². The van der Waals surface area contributed by atoms with Crippen molar-refractivity contribution in [2.45, 2.75) is 38.1 Å². The molecule has 2 aromatic carbocycles. The van der Waals surface area contributed by atoms with Crippen LogP contribution < -0.4 is 0 Å². The van der Waals surface area contributed by atoms with E-state index in [1.165, 1.54) is 16.8 Å². The van der Waals surface area contributed by atoms with Crippen molar-refractivity contribution < 1.29 is 4.58 Å². The minimum Gasteiger partial charge on any atom is -0.236 e. The molecule has 0 unspecified atom stereocenters. The topological polar surface area (TPSA) is 3.01 Å². The number of rotatable bonds is 3. The average molecular weight is 278 g/mol. The summed E-state index contributed by atoms with van der Waals surface area (Å²) in [6.45, 7) is 4.62. The molecule has 1 nitrogen and oxygen atoms in total. The molecule has 21 heavy (non-hydrogen) atoms. The van der Waals surface area contributed by atoms with E-state index in [9.17, 15) is 0 Å². The number of benzene rings is 2. The lowest BCUT2D eigenvalue weighted by Gasteiger charge is -2.29. The molecule has 1 heterocycles. The monoisotopic (exact) mass is 278 g/mol. The van der Waals surface area contributed by atoms with E-state index in [-0.39, 0.29) is 5.41 Å². The van der Waals surface area contributed by atoms with Gasteiger partial charge in [-0.1, -0.05) is 67.6 Å². The van der Waals surface area contributed by atoms with Crippen molar-refractivity contribution in [1.29, 1.82) is 0 Å². The Morgan fingerprint density at radius 2 is 1.43 bits per heavy atom. The lowest BCUT2D eigenvalue weighted by molar-refractivity contribution is -0.526. The molecule has 0 N–H and O–H groups in total. The molecule has 3 rings (SSSR count). The van der Waals surface area contributed by atoms with Gasteiger partial charge in [-0.05, 0) is 18.1 Å². The van der Waals surface area contributed by atoms with Gasteiger partial charge in [0, 0.05) is 12.8 Å².